The molecule has 3 aromatic rings. The van der Waals surface area contributed by atoms with Crippen molar-refractivity contribution in [2.24, 2.45) is 0 Å². The number of nitrogens with zero attached hydrogens (tertiary/aromatic N) is 2. The summed E-state index contributed by atoms with van der Waals surface area (Å²) in [7, 11) is 0. The average molecular weight is 375 g/mol. The number of carbonyl (C=O) groups excluding carboxylic acids is 1. The number of rotatable bonds is 6. The van der Waals surface area contributed by atoms with Crippen LogP contribution in [0.3, 0.4) is 0 Å². The van der Waals surface area contributed by atoms with E-state index in [9.17, 15) is 4.79 Å². The highest BCUT2D eigenvalue weighted by Gasteiger charge is 2.16. The summed E-state index contributed by atoms with van der Waals surface area (Å²) in [6.07, 6.45) is 7.00. The van der Waals surface area contributed by atoms with Crippen molar-refractivity contribution in [3.63, 3.8) is 0 Å². The van der Waals surface area contributed by atoms with E-state index in [0.29, 0.717) is 23.7 Å². The topological polar surface area (TPSA) is 73.3 Å². The number of amides is 1. The number of nitrogens with one attached hydrogen (secondary N) is 1. The first-order valence-electron chi connectivity index (χ1n) is 9.31. The van der Waals surface area contributed by atoms with Crippen LogP contribution < -0.4 is 10.1 Å². The number of fused-ring (bicyclic) bond motifs is 1. The van der Waals surface area contributed by atoms with Gasteiger partial charge in [0.05, 0.1) is 29.0 Å². The fourth-order valence-electron chi connectivity index (χ4n) is 3.03. The molecular weight excluding hydrogens is 354 g/mol. The third-order valence-corrected chi connectivity index (χ3v) is 4.43. The molecule has 1 fully saturated rings. The zero-order valence-corrected chi connectivity index (χ0v) is 15.4. The van der Waals surface area contributed by atoms with E-state index in [1.54, 1.807) is 18.3 Å². The lowest BCUT2D eigenvalue weighted by atomic mass is 10.2. The molecule has 1 amide bonds. The van der Waals surface area contributed by atoms with Gasteiger partial charge < -0.3 is 14.8 Å². The SMILES string of the molecule is O=C(/C=C/c1cnc2ccccc2n1)Nc1cccc(OCC2CCCO2)c1. The van der Waals surface area contributed by atoms with Crippen molar-refractivity contribution in [1.82, 2.24) is 9.97 Å². The number of hydrogen-bond donors (Lipinski definition) is 1. The van der Waals surface area contributed by atoms with Gasteiger partial charge in [0.2, 0.25) is 5.91 Å². The van der Waals surface area contributed by atoms with Crippen molar-refractivity contribution in [3.8, 4) is 5.75 Å². The van der Waals surface area contributed by atoms with E-state index in [1.165, 1.54) is 6.08 Å². The van der Waals surface area contributed by atoms with Crippen LogP contribution in [0.4, 0.5) is 5.69 Å². The van der Waals surface area contributed by atoms with E-state index in [-0.39, 0.29) is 12.0 Å². The molecule has 1 aliphatic heterocycles. The Hall–Kier alpha value is -3.25. The van der Waals surface area contributed by atoms with Crippen molar-refractivity contribution < 1.29 is 14.3 Å². The third-order valence-electron chi connectivity index (χ3n) is 4.43. The molecule has 1 atom stereocenters. The number of benzene rings is 2. The Morgan fingerprint density at radius 3 is 2.96 bits per heavy atom. The molecular formula is C22H21N3O3. The van der Waals surface area contributed by atoms with Gasteiger partial charge in [-0.25, -0.2) is 4.98 Å². The Kier molecular flexibility index (Phi) is 5.58. The van der Waals surface area contributed by atoms with Crippen LogP contribution in [0.2, 0.25) is 0 Å². The second kappa shape index (κ2) is 8.63. The molecule has 0 aliphatic carbocycles. The van der Waals surface area contributed by atoms with Crippen LogP contribution in [0.15, 0.2) is 60.8 Å². The zero-order valence-electron chi connectivity index (χ0n) is 15.4. The maximum absolute atomic E-state index is 12.2. The molecule has 1 saturated heterocycles. The summed E-state index contributed by atoms with van der Waals surface area (Å²) in [6, 6.07) is 14.9. The molecule has 0 saturated carbocycles. The van der Waals surface area contributed by atoms with Gasteiger partial charge in [0, 0.05) is 24.4 Å². The maximum Gasteiger partial charge on any atom is 0.248 e. The summed E-state index contributed by atoms with van der Waals surface area (Å²) in [4.78, 5) is 21.0. The molecule has 1 aromatic heterocycles. The van der Waals surface area contributed by atoms with E-state index < -0.39 is 0 Å². The molecule has 6 heteroatoms. The van der Waals surface area contributed by atoms with E-state index in [2.05, 4.69) is 15.3 Å². The summed E-state index contributed by atoms with van der Waals surface area (Å²) >= 11 is 0. The zero-order chi connectivity index (χ0) is 19.2. The van der Waals surface area contributed by atoms with Gasteiger partial charge in [-0.15, -0.1) is 0 Å². The molecule has 1 N–H and O–H groups in total. The minimum atomic E-state index is -0.244. The molecule has 0 bridgehead atoms. The fraction of sp³-hybridized carbons (Fsp3) is 0.227. The summed E-state index contributed by atoms with van der Waals surface area (Å²) < 4.78 is 11.3. The predicted molar refractivity (Wildman–Crippen MR) is 108 cm³/mol. The number of anilines is 1. The number of para-hydroxylation sites is 2. The van der Waals surface area contributed by atoms with Gasteiger partial charge in [0.15, 0.2) is 0 Å². The van der Waals surface area contributed by atoms with Crippen molar-refractivity contribution in [3.05, 3.63) is 66.5 Å². The van der Waals surface area contributed by atoms with Crippen LogP contribution in [0.5, 0.6) is 5.75 Å². The highest BCUT2D eigenvalue weighted by Crippen LogP contribution is 2.20. The molecule has 28 heavy (non-hydrogen) atoms. The first-order chi connectivity index (χ1) is 13.8. The van der Waals surface area contributed by atoms with Gasteiger partial charge in [-0.1, -0.05) is 18.2 Å². The molecule has 1 unspecified atom stereocenters. The molecule has 4 rings (SSSR count). The quantitative estimate of drug-likeness (QED) is 0.663. The monoisotopic (exact) mass is 375 g/mol. The number of carbonyl (C=O) groups is 1. The molecule has 142 valence electrons. The molecule has 0 spiro atoms. The minimum absolute atomic E-state index is 0.157. The van der Waals surface area contributed by atoms with E-state index in [1.807, 2.05) is 42.5 Å². The van der Waals surface area contributed by atoms with Gasteiger partial charge >= 0.3 is 0 Å². The Bertz CT molecular complexity index is 997. The van der Waals surface area contributed by atoms with Crippen molar-refractivity contribution in [2.45, 2.75) is 18.9 Å². The van der Waals surface area contributed by atoms with E-state index >= 15 is 0 Å². The van der Waals surface area contributed by atoms with Crippen LogP contribution in [-0.4, -0.2) is 35.2 Å². The number of aromatic nitrogens is 2. The van der Waals surface area contributed by atoms with Crippen molar-refractivity contribution in [2.75, 3.05) is 18.5 Å². The van der Waals surface area contributed by atoms with Crippen molar-refractivity contribution in [1.29, 1.82) is 0 Å². The lowest BCUT2D eigenvalue weighted by Gasteiger charge is -2.12. The molecule has 2 heterocycles. The van der Waals surface area contributed by atoms with Gasteiger partial charge in [0.1, 0.15) is 12.4 Å². The highest BCUT2D eigenvalue weighted by atomic mass is 16.5. The van der Waals surface area contributed by atoms with Gasteiger partial charge in [0.25, 0.3) is 0 Å². The second-order valence-corrected chi connectivity index (χ2v) is 6.58. The first-order valence-corrected chi connectivity index (χ1v) is 9.31. The Labute approximate surface area is 163 Å². The van der Waals surface area contributed by atoms with Crippen LogP contribution in [0.1, 0.15) is 18.5 Å². The predicted octanol–water partition coefficient (Wildman–Crippen LogP) is 3.84. The minimum Gasteiger partial charge on any atom is -0.491 e. The highest BCUT2D eigenvalue weighted by molar-refractivity contribution is 6.01. The summed E-state index contributed by atoms with van der Waals surface area (Å²) in [6.45, 7) is 1.33. The second-order valence-electron chi connectivity index (χ2n) is 6.58. The normalized spacial score (nSPS) is 16.5. The van der Waals surface area contributed by atoms with E-state index in [4.69, 9.17) is 9.47 Å². The van der Waals surface area contributed by atoms with Crippen LogP contribution >= 0.6 is 0 Å². The Balaban J connectivity index is 1.35. The fourth-order valence-corrected chi connectivity index (χ4v) is 3.03. The molecule has 0 radical (unpaired) electrons. The molecule has 6 nitrogen and oxygen atoms in total. The van der Waals surface area contributed by atoms with E-state index in [0.717, 1.165) is 30.5 Å². The Morgan fingerprint density at radius 2 is 2.11 bits per heavy atom. The van der Waals surface area contributed by atoms with Crippen LogP contribution in [0, 0.1) is 0 Å². The maximum atomic E-state index is 12.2. The van der Waals surface area contributed by atoms with Gasteiger partial charge in [-0.2, -0.15) is 0 Å². The lowest BCUT2D eigenvalue weighted by molar-refractivity contribution is -0.111. The van der Waals surface area contributed by atoms with Gasteiger partial charge in [-0.05, 0) is 43.2 Å². The Morgan fingerprint density at radius 1 is 1.21 bits per heavy atom. The average Bonchev–Trinajstić information content (AvgIpc) is 3.25. The number of ether oxygens (including phenoxy) is 2. The molecule has 2 aromatic carbocycles. The largest absolute Gasteiger partial charge is 0.491 e. The summed E-state index contributed by atoms with van der Waals surface area (Å²) in [5, 5.41) is 2.83. The van der Waals surface area contributed by atoms with Crippen LogP contribution in [0.25, 0.3) is 17.1 Å². The summed E-state index contributed by atoms with van der Waals surface area (Å²) in [5.74, 6) is 0.462. The smallest absolute Gasteiger partial charge is 0.248 e. The number of hydrogen-bond acceptors (Lipinski definition) is 5. The first kappa shape index (κ1) is 18.1. The molecule has 1 aliphatic rings. The van der Waals surface area contributed by atoms with Gasteiger partial charge in [-0.3, -0.25) is 9.78 Å². The van der Waals surface area contributed by atoms with Crippen molar-refractivity contribution >= 4 is 28.7 Å². The standard InChI is InChI=1S/C22H21N3O3/c26-22(11-10-17-14-23-20-8-1-2-9-21(20)24-17)25-16-5-3-6-18(13-16)28-15-19-7-4-12-27-19/h1-3,5-6,8-11,13-14,19H,4,7,12,15H2,(H,25,26)/b11-10+. The third kappa shape index (κ3) is 4.72. The summed E-state index contributed by atoms with van der Waals surface area (Å²) in [5.41, 5.74) is 2.91. The van der Waals surface area contributed by atoms with Crippen LogP contribution in [-0.2, 0) is 9.53 Å². The lowest BCUT2D eigenvalue weighted by Crippen LogP contribution is -2.16.